The summed E-state index contributed by atoms with van der Waals surface area (Å²) in [6, 6.07) is 8.86. The molecule has 0 saturated carbocycles. The summed E-state index contributed by atoms with van der Waals surface area (Å²) in [6.45, 7) is 5.38. The van der Waals surface area contributed by atoms with Crippen molar-refractivity contribution in [3.63, 3.8) is 0 Å². The summed E-state index contributed by atoms with van der Waals surface area (Å²) in [5.41, 5.74) is 9.40. The number of nitrogens with zero attached hydrogens (tertiary/aromatic N) is 1. The zero-order valence-electron chi connectivity index (χ0n) is 11.1. The van der Waals surface area contributed by atoms with Crippen molar-refractivity contribution in [2.24, 2.45) is 5.73 Å². The average Bonchev–Trinajstić information content (AvgIpc) is 2.81. The van der Waals surface area contributed by atoms with Crippen LogP contribution in [0.3, 0.4) is 0 Å². The molecule has 0 spiro atoms. The average molecular weight is 262 g/mol. The smallest absolute Gasteiger partial charge is 0.0436 e. The Kier molecular flexibility index (Phi) is 3.39. The summed E-state index contributed by atoms with van der Waals surface area (Å²) in [7, 11) is 0. The molecule has 98 valence electrons. The predicted octanol–water partition coefficient (Wildman–Crippen LogP) is 2.27. The van der Waals surface area contributed by atoms with Crippen molar-refractivity contribution in [1.82, 2.24) is 4.90 Å². The first kappa shape index (κ1) is 12.5. The lowest BCUT2D eigenvalue weighted by Crippen LogP contribution is -2.55. The highest BCUT2D eigenvalue weighted by atomic mass is 32.2. The van der Waals surface area contributed by atoms with Crippen molar-refractivity contribution in [3.8, 4) is 0 Å². The third-order valence-electron chi connectivity index (χ3n) is 4.49. The number of fused-ring (bicyclic) bond motifs is 1. The van der Waals surface area contributed by atoms with Gasteiger partial charge in [0.05, 0.1) is 0 Å². The van der Waals surface area contributed by atoms with Crippen LogP contribution < -0.4 is 5.73 Å². The van der Waals surface area contributed by atoms with E-state index in [0.717, 1.165) is 18.3 Å². The highest BCUT2D eigenvalue weighted by Gasteiger charge is 2.42. The van der Waals surface area contributed by atoms with Gasteiger partial charge < -0.3 is 5.73 Å². The maximum absolute atomic E-state index is 6.13. The van der Waals surface area contributed by atoms with Crippen molar-refractivity contribution in [1.29, 1.82) is 0 Å². The van der Waals surface area contributed by atoms with Crippen molar-refractivity contribution in [3.05, 3.63) is 35.4 Å². The Morgan fingerprint density at radius 1 is 1.39 bits per heavy atom. The van der Waals surface area contributed by atoms with Crippen LogP contribution in [0.25, 0.3) is 0 Å². The van der Waals surface area contributed by atoms with E-state index in [1.807, 2.05) is 0 Å². The molecule has 1 saturated heterocycles. The minimum Gasteiger partial charge on any atom is -0.329 e. The summed E-state index contributed by atoms with van der Waals surface area (Å²) < 4.78 is 0. The number of hydrogen-bond donors (Lipinski definition) is 1. The van der Waals surface area contributed by atoms with Crippen molar-refractivity contribution >= 4 is 11.8 Å². The number of benzene rings is 1. The molecule has 2 aliphatic heterocycles. The van der Waals surface area contributed by atoms with Crippen LogP contribution in [0.15, 0.2) is 24.3 Å². The molecule has 2 heterocycles. The second-order valence-electron chi connectivity index (χ2n) is 5.69. The summed E-state index contributed by atoms with van der Waals surface area (Å²) in [5, 5.41) is 0.755. The second-order valence-corrected chi connectivity index (χ2v) is 7.12. The van der Waals surface area contributed by atoms with Gasteiger partial charge in [0.1, 0.15) is 0 Å². The van der Waals surface area contributed by atoms with Crippen LogP contribution in [-0.4, -0.2) is 34.5 Å². The molecule has 0 radical (unpaired) electrons. The Morgan fingerprint density at radius 2 is 2.17 bits per heavy atom. The first-order valence-electron chi connectivity index (χ1n) is 6.87. The van der Waals surface area contributed by atoms with Gasteiger partial charge in [0.25, 0.3) is 0 Å². The van der Waals surface area contributed by atoms with Crippen molar-refractivity contribution in [2.75, 3.05) is 18.8 Å². The predicted molar refractivity (Wildman–Crippen MR) is 78.9 cm³/mol. The first-order chi connectivity index (χ1) is 8.73. The van der Waals surface area contributed by atoms with E-state index in [1.165, 1.54) is 36.3 Å². The Hall–Kier alpha value is -0.510. The maximum Gasteiger partial charge on any atom is 0.0436 e. The molecule has 2 atom stereocenters. The molecular weight excluding hydrogens is 240 g/mol. The minimum absolute atomic E-state index is 0.248. The molecule has 0 amide bonds. The molecule has 0 aromatic heterocycles. The third-order valence-corrected chi connectivity index (χ3v) is 5.93. The van der Waals surface area contributed by atoms with Crippen LogP contribution in [0.1, 0.15) is 24.5 Å². The fraction of sp³-hybridized carbons (Fsp3) is 0.600. The molecule has 0 bridgehead atoms. The minimum atomic E-state index is 0.248. The lowest BCUT2D eigenvalue weighted by atomic mass is 9.89. The lowest BCUT2D eigenvalue weighted by Gasteiger charge is -2.43. The Labute approximate surface area is 114 Å². The lowest BCUT2D eigenvalue weighted by molar-refractivity contribution is 0.0974. The van der Waals surface area contributed by atoms with Crippen LogP contribution in [0, 0.1) is 0 Å². The van der Waals surface area contributed by atoms with Gasteiger partial charge in [-0.25, -0.2) is 0 Å². The van der Waals surface area contributed by atoms with Gasteiger partial charge in [0.2, 0.25) is 0 Å². The fourth-order valence-corrected chi connectivity index (χ4v) is 4.78. The van der Waals surface area contributed by atoms with E-state index in [9.17, 15) is 0 Å². The Bertz CT molecular complexity index is 434. The standard InChI is InChI=1S/C15H22N2S/c1-12-8-15(10-16,11-18-12)17-7-6-13-4-2-3-5-14(13)9-17/h2-5,12H,6-11,16H2,1H3. The summed E-state index contributed by atoms with van der Waals surface area (Å²) >= 11 is 2.08. The van der Waals surface area contributed by atoms with Gasteiger partial charge in [-0.15, -0.1) is 0 Å². The third kappa shape index (κ3) is 2.09. The molecule has 3 heteroatoms. The van der Waals surface area contributed by atoms with E-state index >= 15 is 0 Å². The fourth-order valence-electron chi connectivity index (χ4n) is 3.34. The second kappa shape index (κ2) is 4.87. The van der Waals surface area contributed by atoms with Gasteiger partial charge >= 0.3 is 0 Å². The van der Waals surface area contributed by atoms with E-state index in [0.29, 0.717) is 0 Å². The monoisotopic (exact) mass is 262 g/mol. The van der Waals surface area contributed by atoms with Gasteiger partial charge in [-0.05, 0) is 24.0 Å². The van der Waals surface area contributed by atoms with E-state index in [2.05, 4.69) is 47.9 Å². The highest BCUT2D eigenvalue weighted by Crippen LogP contribution is 2.40. The Morgan fingerprint density at radius 3 is 2.83 bits per heavy atom. The van der Waals surface area contributed by atoms with Crippen LogP contribution in [0.2, 0.25) is 0 Å². The SMILES string of the molecule is CC1CC(CN)(N2CCc3ccccc3C2)CS1. The molecule has 1 aromatic rings. The van der Waals surface area contributed by atoms with Gasteiger partial charge in [-0.2, -0.15) is 11.8 Å². The zero-order chi connectivity index (χ0) is 12.6. The molecule has 2 unspecified atom stereocenters. The molecule has 2 nitrogen and oxygen atoms in total. The number of thioether (sulfide) groups is 1. The maximum atomic E-state index is 6.13. The van der Waals surface area contributed by atoms with Crippen LogP contribution >= 0.6 is 11.8 Å². The van der Waals surface area contributed by atoms with Crippen LogP contribution in [-0.2, 0) is 13.0 Å². The normalized spacial score (nSPS) is 32.4. The van der Waals surface area contributed by atoms with Gasteiger partial charge in [-0.1, -0.05) is 31.2 Å². The first-order valence-corrected chi connectivity index (χ1v) is 7.92. The quantitative estimate of drug-likeness (QED) is 0.886. The van der Waals surface area contributed by atoms with Gasteiger partial charge in [-0.3, -0.25) is 4.90 Å². The molecule has 18 heavy (non-hydrogen) atoms. The Balaban J connectivity index is 1.83. The topological polar surface area (TPSA) is 29.3 Å². The summed E-state index contributed by atoms with van der Waals surface area (Å²) in [5.74, 6) is 1.20. The van der Waals surface area contributed by atoms with Crippen molar-refractivity contribution < 1.29 is 0 Å². The van der Waals surface area contributed by atoms with E-state index in [1.54, 1.807) is 0 Å². The summed E-state index contributed by atoms with van der Waals surface area (Å²) in [6.07, 6.45) is 2.42. The van der Waals surface area contributed by atoms with Crippen LogP contribution in [0.5, 0.6) is 0 Å². The number of hydrogen-bond acceptors (Lipinski definition) is 3. The molecule has 3 rings (SSSR count). The molecular formula is C15H22N2S. The zero-order valence-corrected chi connectivity index (χ0v) is 11.9. The van der Waals surface area contributed by atoms with Crippen molar-refractivity contribution in [2.45, 2.75) is 37.1 Å². The van der Waals surface area contributed by atoms with E-state index in [4.69, 9.17) is 5.73 Å². The molecule has 2 aliphatic rings. The van der Waals surface area contributed by atoms with Gasteiger partial charge in [0.15, 0.2) is 0 Å². The molecule has 1 aromatic carbocycles. The molecule has 2 N–H and O–H groups in total. The summed E-state index contributed by atoms with van der Waals surface area (Å²) in [4.78, 5) is 2.64. The van der Waals surface area contributed by atoms with E-state index in [-0.39, 0.29) is 5.54 Å². The highest BCUT2D eigenvalue weighted by molar-refractivity contribution is 8.00. The van der Waals surface area contributed by atoms with E-state index < -0.39 is 0 Å². The largest absolute Gasteiger partial charge is 0.329 e. The van der Waals surface area contributed by atoms with Gasteiger partial charge in [0, 0.05) is 36.2 Å². The van der Waals surface area contributed by atoms with Crippen LogP contribution in [0.4, 0.5) is 0 Å². The molecule has 0 aliphatic carbocycles. The number of rotatable bonds is 2. The molecule has 1 fully saturated rings. The number of nitrogens with two attached hydrogens (primary N) is 1.